The van der Waals surface area contributed by atoms with Crippen LogP contribution in [-0.4, -0.2) is 20.5 Å². The number of benzene rings is 2. The zero-order valence-corrected chi connectivity index (χ0v) is 13.1. The molecule has 3 rings (SSSR count). The first-order chi connectivity index (χ1) is 10.2. The molecule has 1 aliphatic rings. The Bertz CT molecular complexity index is 642. The zero-order valence-electron chi connectivity index (χ0n) is 11.5. The van der Waals surface area contributed by atoms with Crippen LogP contribution in [0.4, 0.5) is 0 Å². The van der Waals surface area contributed by atoms with Crippen LogP contribution in [0.25, 0.3) is 0 Å². The molecule has 2 aromatic rings. The van der Waals surface area contributed by atoms with Gasteiger partial charge >= 0.3 is 0 Å². The minimum Gasteiger partial charge on any atom is -0.279 e. The van der Waals surface area contributed by atoms with Gasteiger partial charge in [-0.05, 0) is 22.9 Å². The minimum atomic E-state index is -0.193. The second-order valence-electron chi connectivity index (χ2n) is 5.15. The average molecular weight is 314 g/mol. The van der Waals surface area contributed by atoms with Gasteiger partial charge in [0, 0.05) is 12.8 Å². The maximum absolute atomic E-state index is 12.2. The summed E-state index contributed by atoms with van der Waals surface area (Å²) in [4.78, 5) is 12.2. The van der Waals surface area contributed by atoms with Crippen molar-refractivity contribution in [3.05, 3.63) is 71.8 Å². The summed E-state index contributed by atoms with van der Waals surface area (Å²) in [5.74, 6) is 0. The lowest BCUT2D eigenvalue weighted by molar-refractivity contribution is -0.530. The van der Waals surface area contributed by atoms with Crippen LogP contribution in [0.2, 0.25) is 0 Å². The summed E-state index contributed by atoms with van der Waals surface area (Å²) in [5.41, 5.74) is 2.38. The monoisotopic (exact) mass is 314 g/mol. The van der Waals surface area contributed by atoms with Gasteiger partial charge in [0.2, 0.25) is 11.4 Å². The third-order valence-electron chi connectivity index (χ3n) is 3.64. The lowest BCUT2D eigenvalue weighted by Gasteiger charge is -2.07. The van der Waals surface area contributed by atoms with Crippen molar-refractivity contribution < 1.29 is 8.74 Å². The first-order valence-electron chi connectivity index (χ1n) is 6.98. The summed E-state index contributed by atoms with van der Waals surface area (Å²) in [6.45, 7) is 0. The van der Waals surface area contributed by atoms with Crippen LogP contribution in [0.3, 0.4) is 0 Å². The zero-order chi connectivity index (χ0) is 14.7. The largest absolute Gasteiger partial charge is 0.279 e. The van der Waals surface area contributed by atoms with Gasteiger partial charge in [-0.15, -0.1) is 3.95 Å². The van der Waals surface area contributed by atoms with Crippen molar-refractivity contribution in [2.45, 2.75) is 24.3 Å². The van der Waals surface area contributed by atoms with Crippen LogP contribution in [0.15, 0.2) is 60.7 Å². The fraction of sp³-hybridized carbons (Fsp3) is 0.235. The molecule has 0 spiro atoms. The second kappa shape index (κ2) is 6.50. The quantitative estimate of drug-likeness (QED) is 0.808. The Morgan fingerprint density at radius 1 is 0.905 bits per heavy atom. The first-order valence-corrected chi connectivity index (χ1v) is 8.22. The third kappa shape index (κ3) is 3.39. The van der Waals surface area contributed by atoms with Crippen molar-refractivity contribution in [2.75, 3.05) is 0 Å². The van der Waals surface area contributed by atoms with E-state index < -0.39 is 0 Å². The Morgan fingerprint density at radius 2 is 1.43 bits per heavy atom. The highest BCUT2D eigenvalue weighted by Gasteiger charge is 2.45. The summed E-state index contributed by atoms with van der Waals surface area (Å²) in [5, 5.41) is 0.249. The molecule has 2 nitrogen and oxygen atoms in total. The van der Waals surface area contributed by atoms with Crippen LogP contribution in [0.5, 0.6) is 0 Å². The number of carbonyl (C=O) groups excluding carboxylic acids is 1. The van der Waals surface area contributed by atoms with E-state index in [1.165, 1.54) is 17.3 Å². The van der Waals surface area contributed by atoms with E-state index in [9.17, 15) is 4.79 Å². The molecular weight excluding hydrogens is 298 g/mol. The molecule has 0 aliphatic carbocycles. The lowest BCUT2D eigenvalue weighted by atomic mass is 10.1. The minimum absolute atomic E-state index is 0.0589. The molecule has 0 N–H and O–H groups in total. The standard InChI is InChI=1S/C17H16NOS2/c19-17-15(11-13-7-3-1-4-8-13)18(20)16(21-17)12-14-9-5-2-6-10-14/h1-10,15-16H,11-12H2/q+1. The number of thioether (sulfide) groups is 1. The van der Waals surface area contributed by atoms with E-state index in [0.29, 0.717) is 6.42 Å². The van der Waals surface area contributed by atoms with E-state index in [1.54, 1.807) is 0 Å². The van der Waals surface area contributed by atoms with Gasteiger partial charge in [0.15, 0.2) is 0 Å². The van der Waals surface area contributed by atoms with Gasteiger partial charge in [-0.25, -0.2) is 0 Å². The molecule has 1 heterocycles. The van der Waals surface area contributed by atoms with Crippen molar-refractivity contribution in [2.24, 2.45) is 0 Å². The van der Waals surface area contributed by atoms with E-state index in [2.05, 4.69) is 12.1 Å². The molecule has 0 bridgehead atoms. The Kier molecular flexibility index (Phi) is 4.46. The molecule has 0 amide bonds. The van der Waals surface area contributed by atoms with Crippen LogP contribution in [-0.2, 0) is 30.1 Å². The molecule has 1 aliphatic heterocycles. The first kappa shape index (κ1) is 14.4. The van der Waals surface area contributed by atoms with Gasteiger partial charge in [0.1, 0.15) is 0 Å². The second-order valence-corrected chi connectivity index (χ2v) is 6.75. The fourth-order valence-electron chi connectivity index (χ4n) is 2.53. The molecule has 106 valence electrons. The molecule has 1 saturated heterocycles. The maximum atomic E-state index is 12.2. The average Bonchev–Trinajstić information content (AvgIpc) is 2.77. The molecule has 21 heavy (non-hydrogen) atoms. The van der Waals surface area contributed by atoms with Crippen molar-refractivity contribution in [1.29, 1.82) is 0 Å². The van der Waals surface area contributed by atoms with Crippen molar-refractivity contribution in [3.63, 3.8) is 0 Å². The number of rotatable bonds is 4. The van der Waals surface area contributed by atoms with Crippen LogP contribution < -0.4 is 0 Å². The predicted molar refractivity (Wildman–Crippen MR) is 88.1 cm³/mol. The van der Waals surface area contributed by atoms with E-state index >= 15 is 0 Å². The summed E-state index contributed by atoms with van der Waals surface area (Å²) in [6.07, 6.45) is 1.51. The molecule has 1 fully saturated rings. The lowest BCUT2D eigenvalue weighted by Crippen LogP contribution is -2.29. The topological polar surface area (TPSA) is 20.1 Å². The highest BCUT2D eigenvalue weighted by molar-refractivity contribution is 8.14. The van der Waals surface area contributed by atoms with Gasteiger partial charge in [0.05, 0.1) is 0 Å². The molecular formula is C17H16NOS2+. The van der Waals surface area contributed by atoms with Crippen molar-refractivity contribution in [3.8, 4) is 0 Å². The van der Waals surface area contributed by atoms with Gasteiger partial charge in [-0.2, -0.15) is 0 Å². The molecule has 0 radical (unpaired) electrons. The van der Waals surface area contributed by atoms with Crippen molar-refractivity contribution in [1.82, 2.24) is 0 Å². The summed E-state index contributed by atoms with van der Waals surface area (Å²) < 4.78 is 1.81. The van der Waals surface area contributed by atoms with Gasteiger partial charge in [0.25, 0.3) is 17.5 Å². The van der Waals surface area contributed by atoms with E-state index in [4.69, 9.17) is 12.4 Å². The predicted octanol–water partition coefficient (Wildman–Crippen LogP) is 3.18. The summed E-state index contributed by atoms with van der Waals surface area (Å²) in [7, 11) is 0. The Labute approximate surface area is 134 Å². The summed E-state index contributed by atoms with van der Waals surface area (Å²) in [6, 6.07) is 20.1. The van der Waals surface area contributed by atoms with E-state index in [-0.39, 0.29) is 16.5 Å². The van der Waals surface area contributed by atoms with Crippen LogP contribution in [0.1, 0.15) is 11.1 Å². The van der Waals surface area contributed by atoms with Gasteiger partial charge < -0.3 is 0 Å². The van der Waals surface area contributed by atoms with Crippen molar-refractivity contribution >= 4 is 29.3 Å². The number of hydrogen-bond acceptors (Lipinski definition) is 3. The van der Waals surface area contributed by atoms with Crippen LogP contribution in [0, 0.1) is 0 Å². The molecule has 2 atom stereocenters. The smallest absolute Gasteiger partial charge is 0.265 e. The van der Waals surface area contributed by atoms with E-state index in [1.807, 2.05) is 52.5 Å². The summed E-state index contributed by atoms with van der Waals surface area (Å²) >= 11 is 6.89. The highest BCUT2D eigenvalue weighted by atomic mass is 32.2. The number of nitrogens with zero attached hydrogens (tertiary/aromatic N) is 1. The van der Waals surface area contributed by atoms with Crippen LogP contribution >= 0.6 is 11.8 Å². The molecule has 0 saturated carbocycles. The molecule has 4 heteroatoms. The molecule has 2 unspecified atom stereocenters. The van der Waals surface area contributed by atoms with E-state index in [0.717, 1.165) is 12.0 Å². The Balaban J connectivity index is 1.70. The number of hydrogen-bond donors (Lipinski definition) is 0. The normalized spacial score (nSPS) is 21.7. The third-order valence-corrected chi connectivity index (χ3v) is 5.45. The molecule has 0 aromatic heterocycles. The maximum Gasteiger partial charge on any atom is 0.265 e. The number of carbonyl (C=O) groups is 1. The van der Waals surface area contributed by atoms with Gasteiger partial charge in [-0.3, -0.25) is 4.79 Å². The highest BCUT2D eigenvalue weighted by Crippen LogP contribution is 2.30. The SMILES string of the molecule is O=C1SC(Cc2ccccc2)[N+](=S)C1Cc1ccccc1. The Hall–Kier alpha value is -1.52. The Morgan fingerprint density at radius 3 is 2.00 bits per heavy atom. The molecule has 2 aromatic carbocycles. The van der Waals surface area contributed by atoms with Gasteiger partial charge in [-0.1, -0.05) is 60.7 Å². The fourth-order valence-corrected chi connectivity index (χ4v) is 4.12.